The van der Waals surface area contributed by atoms with Gasteiger partial charge in [0.05, 0.1) is 35.5 Å². The fourth-order valence-corrected chi connectivity index (χ4v) is 4.43. The van der Waals surface area contributed by atoms with Crippen LogP contribution < -0.4 is 10.6 Å². The molecule has 4 rings (SSSR count). The first-order valence-corrected chi connectivity index (χ1v) is 11.7. The summed E-state index contributed by atoms with van der Waals surface area (Å²) in [5, 5.41) is 0. The zero-order chi connectivity index (χ0) is 22.2. The number of benzene rings is 2. The maximum atomic E-state index is 14.1. The minimum absolute atomic E-state index is 0.0110. The van der Waals surface area contributed by atoms with Gasteiger partial charge in [-0.05, 0) is 43.3 Å². The van der Waals surface area contributed by atoms with Gasteiger partial charge in [0.2, 0.25) is 5.95 Å². The van der Waals surface area contributed by atoms with E-state index in [1.54, 1.807) is 18.2 Å². The monoisotopic (exact) mass is 442 g/mol. The number of sulfone groups is 1. The lowest BCUT2D eigenvalue weighted by Gasteiger charge is -2.33. The molecule has 2 aromatic carbocycles. The number of ether oxygens (including phenoxy) is 1. The zero-order valence-electron chi connectivity index (χ0n) is 17.2. The van der Waals surface area contributed by atoms with Crippen LogP contribution in [-0.2, 0) is 14.6 Å². The van der Waals surface area contributed by atoms with Crippen LogP contribution in [0.15, 0.2) is 53.4 Å². The molecule has 0 unspecified atom stereocenters. The largest absolute Gasteiger partial charge is 0.399 e. The highest BCUT2D eigenvalue weighted by Gasteiger charge is 2.24. The molecular formula is C22H23FN4O3S. The van der Waals surface area contributed by atoms with E-state index in [-0.39, 0.29) is 16.5 Å². The van der Waals surface area contributed by atoms with Gasteiger partial charge in [0.25, 0.3) is 0 Å². The minimum atomic E-state index is -3.61. The molecule has 1 fully saturated rings. The number of anilines is 2. The highest BCUT2D eigenvalue weighted by atomic mass is 32.2. The molecule has 0 spiro atoms. The summed E-state index contributed by atoms with van der Waals surface area (Å²) in [7, 11) is -3.61. The molecule has 0 saturated carbocycles. The summed E-state index contributed by atoms with van der Waals surface area (Å²) >= 11 is 0. The van der Waals surface area contributed by atoms with Crippen LogP contribution in [0.4, 0.5) is 16.0 Å². The van der Waals surface area contributed by atoms with E-state index in [0.717, 1.165) is 17.9 Å². The number of hydrogen-bond acceptors (Lipinski definition) is 7. The maximum absolute atomic E-state index is 14.1. The van der Waals surface area contributed by atoms with Crippen LogP contribution in [0.3, 0.4) is 0 Å². The van der Waals surface area contributed by atoms with Crippen molar-refractivity contribution in [1.82, 2.24) is 9.97 Å². The Kier molecular flexibility index (Phi) is 5.63. The van der Waals surface area contributed by atoms with E-state index < -0.39 is 15.7 Å². The highest BCUT2D eigenvalue weighted by molar-refractivity contribution is 7.90. The summed E-state index contributed by atoms with van der Waals surface area (Å²) in [6, 6.07) is 12.5. The van der Waals surface area contributed by atoms with Gasteiger partial charge < -0.3 is 15.4 Å². The number of nitrogens with two attached hydrogens (primary N) is 1. The van der Waals surface area contributed by atoms with Crippen molar-refractivity contribution in [3.63, 3.8) is 0 Å². The van der Waals surface area contributed by atoms with Gasteiger partial charge in [-0.2, -0.15) is 0 Å². The Morgan fingerprint density at radius 3 is 2.48 bits per heavy atom. The lowest BCUT2D eigenvalue weighted by molar-refractivity contribution is 0.0981. The van der Waals surface area contributed by atoms with Gasteiger partial charge in [-0.15, -0.1) is 0 Å². The molecule has 1 aliphatic heterocycles. The molecule has 0 amide bonds. The van der Waals surface area contributed by atoms with E-state index >= 15 is 0 Å². The second-order valence-electron chi connectivity index (χ2n) is 7.59. The van der Waals surface area contributed by atoms with Gasteiger partial charge in [-0.25, -0.2) is 22.8 Å². The molecule has 1 saturated heterocycles. The van der Waals surface area contributed by atoms with Crippen LogP contribution in [0, 0.1) is 5.82 Å². The fourth-order valence-electron chi connectivity index (χ4n) is 3.55. The van der Waals surface area contributed by atoms with Crippen molar-refractivity contribution < 1.29 is 17.5 Å². The van der Waals surface area contributed by atoms with Gasteiger partial charge in [-0.1, -0.05) is 12.1 Å². The van der Waals surface area contributed by atoms with Crippen LogP contribution >= 0.6 is 0 Å². The van der Waals surface area contributed by atoms with Crippen molar-refractivity contribution in [3.8, 4) is 22.5 Å². The average Bonchev–Trinajstić information content (AvgIpc) is 2.73. The summed E-state index contributed by atoms with van der Waals surface area (Å²) in [5.74, 6) is -0.111. The Morgan fingerprint density at radius 2 is 1.81 bits per heavy atom. The van der Waals surface area contributed by atoms with Crippen molar-refractivity contribution >= 4 is 21.5 Å². The third kappa shape index (κ3) is 4.52. The number of rotatable bonds is 4. The summed E-state index contributed by atoms with van der Waals surface area (Å²) in [5.41, 5.74) is 8.33. The third-order valence-corrected chi connectivity index (χ3v) is 6.32. The molecule has 31 heavy (non-hydrogen) atoms. The fraction of sp³-hybridized carbons (Fsp3) is 0.273. The first kappa shape index (κ1) is 21.2. The number of aromatic nitrogens is 2. The molecule has 3 aromatic rings. The molecule has 2 heterocycles. The van der Waals surface area contributed by atoms with Crippen molar-refractivity contribution in [2.75, 3.05) is 36.6 Å². The lowest BCUT2D eigenvalue weighted by Crippen LogP contribution is -2.44. The summed E-state index contributed by atoms with van der Waals surface area (Å²) in [4.78, 5) is 11.4. The Bertz CT molecular complexity index is 1220. The summed E-state index contributed by atoms with van der Waals surface area (Å²) in [6.45, 7) is 3.65. The Morgan fingerprint density at radius 1 is 1.10 bits per heavy atom. The lowest BCUT2D eigenvalue weighted by atomic mass is 10.1. The molecule has 1 aliphatic rings. The van der Waals surface area contributed by atoms with Gasteiger partial charge >= 0.3 is 0 Å². The Hall–Kier alpha value is -3.04. The molecule has 0 bridgehead atoms. The summed E-state index contributed by atoms with van der Waals surface area (Å²) < 4.78 is 44.4. The maximum Gasteiger partial charge on any atom is 0.226 e. The predicted molar refractivity (Wildman–Crippen MR) is 118 cm³/mol. The summed E-state index contributed by atoms with van der Waals surface area (Å²) in [6.07, 6.45) is 1.09. The highest BCUT2D eigenvalue weighted by Crippen LogP contribution is 2.32. The van der Waals surface area contributed by atoms with Gasteiger partial charge in [0.15, 0.2) is 9.84 Å². The zero-order valence-corrected chi connectivity index (χ0v) is 18.1. The number of hydrogen-bond donors (Lipinski definition) is 1. The van der Waals surface area contributed by atoms with Gasteiger partial charge in [0.1, 0.15) is 5.82 Å². The number of halogens is 1. The van der Waals surface area contributed by atoms with Crippen molar-refractivity contribution in [3.05, 3.63) is 54.3 Å². The van der Waals surface area contributed by atoms with E-state index in [0.29, 0.717) is 42.8 Å². The smallest absolute Gasteiger partial charge is 0.226 e. The Labute approximate surface area is 180 Å². The minimum Gasteiger partial charge on any atom is -0.399 e. The number of morpholine rings is 1. The van der Waals surface area contributed by atoms with E-state index in [9.17, 15) is 12.8 Å². The second-order valence-corrected chi connectivity index (χ2v) is 9.57. The molecule has 7 nitrogen and oxygen atoms in total. The third-order valence-electron chi connectivity index (χ3n) is 5.16. The quantitative estimate of drug-likeness (QED) is 0.489. The molecular weight excluding hydrogens is 419 g/mol. The van der Waals surface area contributed by atoms with Crippen LogP contribution in [0.25, 0.3) is 22.5 Å². The first-order valence-electron chi connectivity index (χ1n) is 9.82. The van der Waals surface area contributed by atoms with E-state index in [4.69, 9.17) is 15.5 Å². The predicted octanol–water partition coefficient (Wildman–Crippen LogP) is 3.16. The normalized spacial score (nSPS) is 17.0. The number of nitrogen functional groups attached to an aromatic ring is 1. The molecule has 2 N–H and O–H groups in total. The van der Waals surface area contributed by atoms with Crippen LogP contribution in [-0.4, -0.2) is 50.4 Å². The van der Waals surface area contributed by atoms with Crippen LogP contribution in [0.1, 0.15) is 6.92 Å². The van der Waals surface area contributed by atoms with E-state index in [1.807, 2.05) is 24.0 Å². The first-order chi connectivity index (χ1) is 14.7. The Balaban J connectivity index is 1.94. The topological polar surface area (TPSA) is 98.4 Å². The van der Waals surface area contributed by atoms with E-state index in [2.05, 4.69) is 4.98 Å². The molecule has 0 radical (unpaired) electrons. The van der Waals surface area contributed by atoms with Gasteiger partial charge in [-0.3, -0.25) is 0 Å². The average molecular weight is 443 g/mol. The van der Waals surface area contributed by atoms with Crippen molar-refractivity contribution in [1.29, 1.82) is 0 Å². The van der Waals surface area contributed by atoms with Crippen molar-refractivity contribution in [2.45, 2.75) is 17.9 Å². The van der Waals surface area contributed by atoms with Crippen molar-refractivity contribution in [2.24, 2.45) is 0 Å². The molecule has 0 aliphatic carbocycles. The molecule has 9 heteroatoms. The van der Waals surface area contributed by atoms with Crippen LogP contribution in [0.5, 0.6) is 0 Å². The van der Waals surface area contributed by atoms with Gasteiger partial charge in [0, 0.05) is 29.6 Å². The molecule has 1 atom stereocenters. The number of nitrogens with zero attached hydrogens (tertiary/aromatic N) is 3. The van der Waals surface area contributed by atoms with Crippen LogP contribution in [0.2, 0.25) is 0 Å². The molecule has 162 valence electrons. The SMILES string of the molecule is C[C@H]1COCCN1c1nc(-c2ccc(N)cc2)cc(-c2cc(F)ccc2S(C)(=O)=O)n1. The standard InChI is InChI=1S/C22H23FN4O3S/c1-14-13-30-10-9-27(14)22-25-19(15-3-6-17(24)7-4-15)12-20(26-22)18-11-16(23)5-8-21(18)31(2,28)29/h3-8,11-12,14H,9-10,13,24H2,1-2H3/t14-/m0/s1. The van der Waals surface area contributed by atoms with E-state index in [1.165, 1.54) is 12.1 Å². The molecule has 1 aromatic heterocycles. The second kappa shape index (κ2) is 8.24.